The Kier molecular flexibility index (Phi) is 4.13. The molecule has 1 atom stereocenters. The number of hydrogen-bond acceptors (Lipinski definition) is 3. The van der Waals surface area contributed by atoms with Crippen molar-refractivity contribution in [2.45, 2.75) is 19.9 Å². The summed E-state index contributed by atoms with van der Waals surface area (Å²) in [7, 11) is 0. The molecule has 16 heavy (non-hydrogen) atoms. The van der Waals surface area contributed by atoms with E-state index in [-0.39, 0.29) is 0 Å². The molecule has 0 aliphatic carbocycles. The fourth-order valence-electron chi connectivity index (χ4n) is 1.80. The predicted octanol–water partition coefficient (Wildman–Crippen LogP) is 2.39. The molecule has 0 amide bonds. The zero-order valence-electron chi connectivity index (χ0n) is 9.95. The van der Waals surface area contributed by atoms with Gasteiger partial charge in [0.2, 0.25) is 0 Å². The van der Waals surface area contributed by atoms with Crippen molar-refractivity contribution in [3.8, 4) is 5.75 Å². The topological polar surface area (TPSA) is 21.3 Å². The summed E-state index contributed by atoms with van der Waals surface area (Å²) >= 11 is 2.00. The average Bonchev–Trinajstić information content (AvgIpc) is 2.32. The third-order valence-electron chi connectivity index (χ3n) is 2.99. The summed E-state index contributed by atoms with van der Waals surface area (Å²) in [4.78, 5) is 0. The first-order chi connectivity index (χ1) is 7.77. The van der Waals surface area contributed by atoms with Crippen molar-refractivity contribution in [1.29, 1.82) is 0 Å². The molecule has 1 heterocycles. The molecule has 88 valence electrons. The molecule has 1 aromatic rings. The number of rotatable bonds is 3. The lowest BCUT2D eigenvalue weighted by molar-refractivity contribution is 0.274. The van der Waals surface area contributed by atoms with Crippen LogP contribution < -0.4 is 10.1 Å². The lowest BCUT2D eigenvalue weighted by Crippen LogP contribution is -2.41. The van der Waals surface area contributed by atoms with Crippen molar-refractivity contribution in [3.63, 3.8) is 0 Å². The van der Waals surface area contributed by atoms with Crippen LogP contribution in [0, 0.1) is 13.8 Å². The minimum atomic E-state index is 0.499. The lowest BCUT2D eigenvalue weighted by Gasteiger charge is -2.23. The molecule has 1 aliphatic heterocycles. The Morgan fingerprint density at radius 1 is 1.44 bits per heavy atom. The summed E-state index contributed by atoms with van der Waals surface area (Å²) in [6, 6.07) is 6.73. The van der Waals surface area contributed by atoms with E-state index in [2.05, 4.69) is 37.4 Å². The second-order valence-electron chi connectivity index (χ2n) is 4.24. The van der Waals surface area contributed by atoms with Gasteiger partial charge in [-0.25, -0.2) is 0 Å². The molecule has 1 aromatic carbocycles. The van der Waals surface area contributed by atoms with Gasteiger partial charge in [0.25, 0.3) is 0 Å². The first kappa shape index (κ1) is 11.8. The van der Waals surface area contributed by atoms with Gasteiger partial charge in [-0.05, 0) is 31.0 Å². The average molecular weight is 237 g/mol. The van der Waals surface area contributed by atoms with E-state index in [1.165, 1.54) is 16.9 Å². The molecule has 1 unspecified atom stereocenters. The number of ether oxygens (including phenoxy) is 1. The van der Waals surface area contributed by atoms with Crippen LogP contribution in [0.5, 0.6) is 5.75 Å². The highest BCUT2D eigenvalue weighted by Crippen LogP contribution is 2.21. The van der Waals surface area contributed by atoms with Crippen molar-refractivity contribution in [1.82, 2.24) is 5.32 Å². The van der Waals surface area contributed by atoms with Gasteiger partial charge in [-0.1, -0.05) is 12.1 Å². The van der Waals surface area contributed by atoms with Crippen molar-refractivity contribution in [2.24, 2.45) is 0 Å². The van der Waals surface area contributed by atoms with Crippen LogP contribution in [0.25, 0.3) is 0 Å². The molecular weight excluding hydrogens is 218 g/mol. The van der Waals surface area contributed by atoms with Crippen molar-refractivity contribution in [2.75, 3.05) is 24.7 Å². The summed E-state index contributed by atoms with van der Waals surface area (Å²) in [5.41, 5.74) is 2.55. The molecule has 2 rings (SSSR count). The molecular formula is C13H19NOS. The Bertz CT molecular complexity index is 348. The molecule has 0 radical (unpaired) electrons. The Hall–Kier alpha value is -0.670. The molecule has 1 aliphatic rings. The van der Waals surface area contributed by atoms with Gasteiger partial charge >= 0.3 is 0 Å². The van der Waals surface area contributed by atoms with Crippen LogP contribution in [0.2, 0.25) is 0 Å². The Morgan fingerprint density at radius 2 is 2.31 bits per heavy atom. The van der Waals surface area contributed by atoms with Gasteiger partial charge < -0.3 is 10.1 Å². The van der Waals surface area contributed by atoms with Crippen LogP contribution in [-0.4, -0.2) is 30.7 Å². The molecule has 0 aromatic heterocycles. The van der Waals surface area contributed by atoms with Crippen molar-refractivity contribution < 1.29 is 4.74 Å². The summed E-state index contributed by atoms with van der Waals surface area (Å²) < 4.78 is 5.88. The van der Waals surface area contributed by atoms with Crippen LogP contribution >= 0.6 is 11.8 Å². The number of thioether (sulfide) groups is 1. The second-order valence-corrected chi connectivity index (χ2v) is 5.38. The van der Waals surface area contributed by atoms with E-state index in [1.807, 2.05) is 11.8 Å². The lowest BCUT2D eigenvalue weighted by atomic mass is 10.1. The van der Waals surface area contributed by atoms with Crippen molar-refractivity contribution >= 4 is 11.8 Å². The maximum atomic E-state index is 5.88. The SMILES string of the molecule is Cc1cccc(OCC2CSCCN2)c1C. The van der Waals surface area contributed by atoms with Crippen LogP contribution in [0.1, 0.15) is 11.1 Å². The third-order valence-corrected chi connectivity index (χ3v) is 4.12. The molecule has 2 nitrogen and oxygen atoms in total. The molecule has 1 fully saturated rings. The van der Waals surface area contributed by atoms with E-state index < -0.39 is 0 Å². The highest BCUT2D eigenvalue weighted by Gasteiger charge is 2.13. The van der Waals surface area contributed by atoms with E-state index >= 15 is 0 Å². The molecule has 0 bridgehead atoms. The largest absolute Gasteiger partial charge is 0.492 e. The molecule has 3 heteroatoms. The molecule has 0 saturated carbocycles. The quantitative estimate of drug-likeness (QED) is 0.872. The van der Waals surface area contributed by atoms with Crippen LogP contribution in [0.4, 0.5) is 0 Å². The third kappa shape index (κ3) is 2.92. The van der Waals surface area contributed by atoms with Crippen LogP contribution in [0.3, 0.4) is 0 Å². The van der Waals surface area contributed by atoms with Gasteiger partial charge in [0.15, 0.2) is 0 Å². The fraction of sp³-hybridized carbons (Fsp3) is 0.538. The van der Waals surface area contributed by atoms with Crippen molar-refractivity contribution in [3.05, 3.63) is 29.3 Å². The molecule has 0 spiro atoms. The van der Waals surface area contributed by atoms with Gasteiger partial charge in [0, 0.05) is 18.1 Å². The standard InChI is InChI=1S/C13H19NOS/c1-10-4-3-5-13(11(10)2)15-8-12-9-16-7-6-14-12/h3-5,12,14H,6-9H2,1-2H3. The maximum absolute atomic E-state index is 5.88. The predicted molar refractivity (Wildman–Crippen MR) is 70.5 cm³/mol. The summed E-state index contributed by atoms with van der Waals surface area (Å²) in [6.07, 6.45) is 0. The van der Waals surface area contributed by atoms with E-state index in [1.54, 1.807) is 0 Å². The minimum Gasteiger partial charge on any atom is -0.492 e. The first-order valence-electron chi connectivity index (χ1n) is 5.77. The van der Waals surface area contributed by atoms with Gasteiger partial charge in [0.1, 0.15) is 12.4 Å². The molecule has 1 saturated heterocycles. The first-order valence-corrected chi connectivity index (χ1v) is 6.93. The summed E-state index contributed by atoms with van der Waals surface area (Å²) in [5, 5.41) is 3.48. The van der Waals surface area contributed by atoms with E-state index in [4.69, 9.17) is 4.74 Å². The van der Waals surface area contributed by atoms with Gasteiger partial charge in [-0.3, -0.25) is 0 Å². The van der Waals surface area contributed by atoms with Gasteiger partial charge in [0.05, 0.1) is 6.04 Å². The Morgan fingerprint density at radius 3 is 3.06 bits per heavy atom. The fourth-order valence-corrected chi connectivity index (χ4v) is 2.73. The number of nitrogens with one attached hydrogen (secondary N) is 1. The van der Waals surface area contributed by atoms with E-state index in [0.717, 1.165) is 24.7 Å². The maximum Gasteiger partial charge on any atom is 0.122 e. The van der Waals surface area contributed by atoms with E-state index in [0.29, 0.717) is 6.04 Å². The number of hydrogen-bond donors (Lipinski definition) is 1. The van der Waals surface area contributed by atoms with E-state index in [9.17, 15) is 0 Å². The number of benzene rings is 1. The Labute approximate surface area is 102 Å². The number of aryl methyl sites for hydroxylation is 1. The minimum absolute atomic E-state index is 0.499. The zero-order valence-corrected chi connectivity index (χ0v) is 10.8. The monoisotopic (exact) mass is 237 g/mol. The van der Waals surface area contributed by atoms with Gasteiger partial charge in [-0.15, -0.1) is 0 Å². The smallest absolute Gasteiger partial charge is 0.122 e. The summed E-state index contributed by atoms with van der Waals surface area (Å²) in [5.74, 6) is 3.41. The zero-order chi connectivity index (χ0) is 11.4. The molecule has 1 N–H and O–H groups in total. The van der Waals surface area contributed by atoms with Crippen LogP contribution in [-0.2, 0) is 0 Å². The Balaban J connectivity index is 1.91. The van der Waals surface area contributed by atoms with Gasteiger partial charge in [-0.2, -0.15) is 11.8 Å². The highest BCUT2D eigenvalue weighted by atomic mass is 32.2. The highest BCUT2D eigenvalue weighted by molar-refractivity contribution is 7.99. The normalized spacial score (nSPS) is 20.8. The summed E-state index contributed by atoms with van der Waals surface area (Å²) in [6.45, 7) is 6.12. The van der Waals surface area contributed by atoms with Crippen LogP contribution in [0.15, 0.2) is 18.2 Å². The second kappa shape index (κ2) is 5.60.